The average Bonchev–Trinajstić information content (AvgIpc) is 3.18. The fourth-order valence-electron chi connectivity index (χ4n) is 4.09. The predicted octanol–water partition coefficient (Wildman–Crippen LogP) is 3.43. The molecule has 1 aromatic rings. The summed E-state index contributed by atoms with van der Waals surface area (Å²) in [6, 6.07) is 5.12. The summed E-state index contributed by atoms with van der Waals surface area (Å²) in [4.78, 5) is 41.3. The molecule has 2 saturated heterocycles. The molecule has 6 heteroatoms. The van der Waals surface area contributed by atoms with Crippen LogP contribution in [-0.2, 0) is 9.59 Å². The smallest absolute Gasteiger partial charge is 0.245 e. The summed E-state index contributed by atoms with van der Waals surface area (Å²) < 4.78 is 12.9. The number of hydrogen-bond donors (Lipinski definition) is 0. The first-order valence-corrected chi connectivity index (χ1v) is 10.3. The summed E-state index contributed by atoms with van der Waals surface area (Å²) >= 11 is 0. The third kappa shape index (κ3) is 4.97. The van der Waals surface area contributed by atoms with Crippen molar-refractivity contribution in [3.05, 3.63) is 35.6 Å². The lowest BCUT2D eigenvalue weighted by molar-refractivity contribution is -0.144. The van der Waals surface area contributed by atoms with Gasteiger partial charge >= 0.3 is 0 Å². The Morgan fingerprint density at radius 3 is 2.36 bits per heavy atom. The zero-order chi connectivity index (χ0) is 20.1. The molecule has 0 saturated carbocycles. The van der Waals surface area contributed by atoms with Gasteiger partial charge in [0, 0.05) is 38.0 Å². The molecule has 152 valence electrons. The Labute approximate surface area is 165 Å². The highest BCUT2D eigenvalue weighted by molar-refractivity contribution is 5.96. The van der Waals surface area contributed by atoms with Crippen LogP contribution in [0.3, 0.4) is 0 Å². The zero-order valence-electron chi connectivity index (χ0n) is 16.5. The van der Waals surface area contributed by atoms with Gasteiger partial charge < -0.3 is 9.80 Å². The highest BCUT2D eigenvalue weighted by atomic mass is 19.1. The lowest BCUT2D eigenvalue weighted by atomic mass is 9.98. The maximum Gasteiger partial charge on any atom is 0.245 e. The number of halogens is 1. The van der Waals surface area contributed by atoms with Crippen LogP contribution in [0.5, 0.6) is 0 Å². The molecular formula is C22H29FN2O3. The lowest BCUT2D eigenvalue weighted by Gasteiger charge is -2.34. The monoisotopic (exact) mass is 388 g/mol. The van der Waals surface area contributed by atoms with Gasteiger partial charge in [-0.2, -0.15) is 0 Å². The van der Waals surface area contributed by atoms with Crippen molar-refractivity contribution in [1.29, 1.82) is 0 Å². The number of benzene rings is 1. The Bertz CT molecular complexity index is 711. The van der Waals surface area contributed by atoms with E-state index in [4.69, 9.17) is 0 Å². The fraction of sp³-hybridized carbons (Fsp3) is 0.591. The molecular weight excluding hydrogens is 359 g/mol. The number of nitrogens with zero attached hydrogens (tertiary/aromatic N) is 2. The Balaban J connectivity index is 1.48. The quantitative estimate of drug-likeness (QED) is 0.702. The first kappa shape index (κ1) is 20.5. The molecule has 3 rings (SSSR count). The van der Waals surface area contributed by atoms with Crippen LogP contribution in [0.4, 0.5) is 4.39 Å². The molecule has 0 radical (unpaired) electrons. The Morgan fingerprint density at radius 1 is 1.00 bits per heavy atom. The van der Waals surface area contributed by atoms with Crippen molar-refractivity contribution < 1.29 is 18.8 Å². The summed E-state index contributed by atoms with van der Waals surface area (Å²) in [5.41, 5.74) is 0.461. The zero-order valence-corrected chi connectivity index (χ0v) is 16.5. The second-order valence-corrected chi connectivity index (χ2v) is 8.04. The van der Waals surface area contributed by atoms with Gasteiger partial charge in [-0.1, -0.05) is 6.92 Å². The predicted molar refractivity (Wildman–Crippen MR) is 104 cm³/mol. The molecule has 2 amide bonds. The number of rotatable bonds is 6. The van der Waals surface area contributed by atoms with Gasteiger partial charge in [0.2, 0.25) is 11.8 Å². The molecule has 2 aliphatic heterocycles. The van der Waals surface area contributed by atoms with Gasteiger partial charge in [-0.05, 0) is 62.3 Å². The van der Waals surface area contributed by atoms with E-state index < -0.39 is 0 Å². The van der Waals surface area contributed by atoms with Crippen LogP contribution in [0.2, 0.25) is 0 Å². The largest absolute Gasteiger partial charge is 0.341 e. The van der Waals surface area contributed by atoms with Gasteiger partial charge in [-0.15, -0.1) is 0 Å². The molecule has 1 atom stereocenters. The van der Waals surface area contributed by atoms with E-state index in [9.17, 15) is 18.8 Å². The number of Topliss-reactive ketones (excluding diaryl/α,β-unsaturated/α-hetero) is 1. The van der Waals surface area contributed by atoms with Crippen LogP contribution in [0.15, 0.2) is 24.3 Å². The molecule has 1 aromatic carbocycles. The number of carbonyl (C=O) groups excluding carboxylic acids is 3. The standard InChI is InChI=1S/C22H29FN2O3/c1-16-11-14-24(15-12-16)22(28)19-4-3-13-25(19)21(27)6-2-5-20(26)17-7-9-18(23)10-8-17/h7-10,16,19H,2-6,11-15H2,1H3/t19-/m0/s1. The third-order valence-corrected chi connectivity index (χ3v) is 5.91. The summed E-state index contributed by atoms with van der Waals surface area (Å²) in [5, 5.41) is 0. The summed E-state index contributed by atoms with van der Waals surface area (Å²) in [6.07, 6.45) is 4.57. The summed E-state index contributed by atoms with van der Waals surface area (Å²) in [7, 11) is 0. The second kappa shape index (κ2) is 9.30. The van der Waals surface area contributed by atoms with Gasteiger partial charge in [0.25, 0.3) is 0 Å². The maximum atomic E-state index is 12.9. The van der Waals surface area contributed by atoms with Crippen molar-refractivity contribution in [3.63, 3.8) is 0 Å². The molecule has 0 unspecified atom stereocenters. The number of hydrogen-bond acceptors (Lipinski definition) is 3. The minimum Gasteiger partial charge on any atom is -0.341 e. The van der Waals surface area contributed by atoms with Crippen molar-refractivity contribution in [2.45, 2.75) is 57.9 Å². The van der Waals surface area contributed by atoms with Crippen molar-refractivity contribution in [3.8, 4) is 0 Å². The van der Waals surface area contributed by atoms with Crippen LogP contribution in [-0.4, -0.2) is 53.1 Å². The Kier molecular flexibility index (Phi) is 6.81. The molecule has 0 bridgehead atoms. The van der Waals surface area contributed by atoms with Crippen LogP contribution < -0.4 is 0 Å². The van der Waals surface area contributed by atoms with Crippen LogP contribution in [0.25, 0.3) is 0 Å². The SMILES string of the molecule is CC1CCN(C(=O)[C@@H]2CCCN2C(=O)CCCC(=O)c2ccc(F)cc2)CC1. The first-order chi connectivity index (χ1) is 13.5. The summed E-state index contributed by atoms with van der Waals surface area (Å²) in [5.74, 6) is 0.223. The van der Waals surface area contributed by atoms with Gasteiger partial charge in [0.1, 0.15) is 11.9 Å². The number of ketones is 1. The molecule has 2 heterocycles. The number of amides is 2. The van der Waals surface area contributed by atoms with Crippen molar-refractivity contribution in [2.75, 3.05) is 19.6 Å². The lowest BCUT2D eigenvalue weighted by Crippen LogP contribution is -2.49. The summed E-state index contributed by atoms with van der Waals surface area (Å²) in [6.45, 7) is 4.39. The Morgan fingerprint density at radius 2 is 1.68 bits per heavy atom. The van der Waals surface area contributed by atoms with E-state index in [1.807, 2.05) is 4.90 Å². The normalized spacial score (nSPS) is 20.4. The molecule has 2 aliphatic rings. The fourth-order valence-corrected chi connectivity index (χ4v) is 4.09. The van der Waals surface area contributed by atoms with Crippen LogP contribution >= 0.6 is 0 Å². The minimum atomic E-state index is -0.375. The Hall–Kier alpha value is -2.24. The molecule has 2 fully saturated rings. The molecule has 5 nitrogen and oxygen atoms in total. The van der Waals surface area contributed by atoms with Crippen molar-refractivity contribution in [2.24, 2.45) is 5.92 Å². The van der Waals surface area contributed by atoms with E-state index >= 15 is 0 Å². The van der Waals surface area contributed by atoms with E-state index in [0.717, 1.165) is 38.8 Å². The minimum absolute atomic E-state index is 0.0480. The topological polar surface area (TPSA) is 57.7 Å². The first-order valence-electron chi connectivity index (χ1n) is 10.3. The van der Waals surface area contributed by atoms with E-state index in [1.165, 1.54) is 24.3 Å². The van der Waals surface area contributed by atoms with Gasteiger partial charge in [-0.25, -0.2) is 4.39 Å². The number of piperidine rings is 1. The van der Waals surface area contributed by atoms with E-state index in [1.54, 1.807) is 4.90 Å². The molecule has 28 heavy (non-hydrogen) atoms. The van der Waals surface area contributed by atoms with Gasteiger partial charge in [0.05, 0.1) is 0 Å². The van der Waals surface area contributed by atoms with E-state index in [-0.39, 0.29) is 42.3 Å². The second-order valence-electron chi connectivity index (χ2n) is 8.04. The van der Waals surface area contributed by atoms with Crippen LogP contribution in [0, 0.1) is 11.7 Å². The van der Waals surface area contributed by atoms with Crippen LogP contribution in [0.1, 0.15) is 62.2 Å². The van der Waals surface area contributed by atoms with Crippen molar-refractivity contribution in [1.82, 2.24) is 9.80 Å². The molecule has 0 spiro atoms. The highest BCUT2D eigenvalue weighted by Crippen LogP contribution is 2.24. The average molecular weight is 388 g/mol. The van der Waals surface area contributed by atoms with Gasteiger partial charge in [-0.3, -0.25) is 14.4 Å². The molecule has 0 aliphatic carbocycles. The van der Waals surface area contributed by atoms with E-state index in [0.29, 0.717) is 24.4 Å². The number of likely N-dealkylation sites (tertiary alicyclic amines) is 2. The number of carbonyl (C=O) groups is 3. The van der Waals surface area contributed by atoms with Gasteiger partial charge in [0.15, 0.2) is 5.78 Å². The molecule has 0 N–H and O–H groups in total. The van der Waals surface area contributed by atoms with E-state index in [2.05, 4.69) is 6.92 Å². The third-order valence-electron chi connectivity index (χ3n) is 5.91. The highest BCUT2D eigenvalue weighted by Gasteiger charge is 2.36. The maximum absolute atomic E-state index is 12.9. The molecule has 0 aromatic heterocycles. The van der Waals surface area contributed by atoms with Crippen molar-refractivity contribution >= 4 is 17.6 Å².